The van der Waals surface area contributed by atoms with Crippen LogP contribution >= 0.6 is 11.6 Å². The lowest BCUT2D eigenvalue weighted by Gasteiger charge is -2.01. The number of nitro groups is 1. The van der Waals surface area contributed by atoms with Crippen molar-refractivity contribution in [1.29, 1.82) is 0 Å². The van der Waals surface area contributed by atoms with Gasteiger partial charge >= 0.3 is 0 Å². The van der Waals surface area contributed by atoms with Crippen molar-refractivity contribution >= 4 is 11.6 Å². The molecule has 2 N–H and O–H groups in total. The highest BCUT2D eigenvalue weighted by molar-refractivity contribution is 6.18. The Kier molecular flexibility index (Phi) is 7.44. The number of rotatable bonds is 7. The second-order valence-electron chi connectivity index (χ2n) is 1.92. The first-order valence-corrected chi connectivity index (χ1v) is 3.90. The highest BCUT2D eigenvalue weighted by Crippen LogP contribution is 1.68. The third-order valence-corrected chi connectivity index (χ3v) is 1.18. The van der Waals surface area contributed by atoms with Crippen LogP contribution in [0.2, 0.25) is 0 Å². The molecule has 0 heterocycles. The summed E-state index contributed by atoms with van der Waals surface area (Å²) in [6, 6.07) is 0. The highest BCUT2D eigenvalue weighted by Gasteiger charge is 1.93. The van der Waals surface area contributed by atoms with Gasteiger partial charge in [0.15, 0.2) is 0 Å². The van der Waals surface area contributed by atoms with Crippen LogP contribution in [-0.4, -0.2) is 37.1 Å². The molecule has 0 aromatic carbocycles. The Labute approximate surface area is 70.3 Å². The Morgan fingerprint density at radius 2 is 2.00 bits per heavy atom. The number of hydrogen-bond donors (Lipinski definition) is 2. The molecular formula is C5H12ClN3O2. The Hall–Kier alpha value is -0.390. The maximum absolute atomic E-state index is 9.81. The fourth-order valence-electron chi connectivity index (χ4n) is 0.502. The molecule has 0 rings (SSSR count). The summed E-state index contributed by atoms with van der Waals surface area (Å²) in [7, 11) is 0. The van der Waals surface area contributed by atoms with Crippen molar-refractivity contribution in [2.24, 2.45) is 0 Å². The molecule has 0 atom stereocenters. The van der Waals surface area contributed by atoms with E-state index in [1.165, 1.54) is 0 Å². The molecule has 0 radical (unpaired) electrons. The lowest BCUT2D eigenvalue weighted by molar-refractivity contribution is -0.477. The predicted molar refractivity (Wildman–Crippen MR) is 43.5 cm³/mol. The molecule has 0 saturated carbocycles. The van der Waals surface area contributed by atoms with Crippen LogP contribution in [-0.2, 0) is 0 Å². The fourth-order valence-corrected chi connectivity index (χ4v) is 0.636. The monoisotopic (exact) mass is 181 g/mol. The quantitative estimate of drug-likeness (QED) is 0.185. The average molecular weight is 182 g/mol. The van der Waals surface area contributed by atoms with Crippen LogP contribution in [0.25, 0.3) is 0 Å². The van der Waals surface area contributed by atoms with Crippen molar-refractivity contribution in [3.63, 3.8) is 0 Å². The van der Waals surface area contributed by atoms with Crippen molar-refractivity contribution in [2.75, 3.05) is 32.2 Å². The van der Waals surface area contributed by atoms with Crippen molar-refractivity contribution in [3.05, 3.63) is 10.1 Å². The minimum Gasteiger partial charge on any atom is -0.303 e. The summed E-state index contributed by atoms with van der Waals surface area (Å²) in [4.78, 5) is 9.46. The maximum atomic E-state index is 9.81. The van der Waals surface area contributed by atoms with Crippen molar-refractivity contribution in [3.8, 4) is 0 Å². The van der Waals surface area contributed by atoms with Gasteiger partial charge in [0.1, 0.15) is 0 Å². The molecule has 0 amide bonds. The summed E-state index contributed by atoms with van der Waals surface area (Å²) in [6.07, 6.45) is 0. The van der Waals surface area contributed by atoms with E-state index in [1.807, 2.05) is 0 Å². The number of hydrogen-bond acceptors (Lipinski definition) is 4. The molecule has 0 aliphatic heterocycles. The SMILES string of the molecule is O=[N+]([O-])CCNCNCCCl. The molecule has 66 valence electrons. The van der Waals surface area contributed by atoms with Crippen LogP contribution < -0.4 is 10.6 Å². The molecule has 0 unspecified atom stereocenters. The van der Waals surface area contributed by atoms with E-state index in [-0.39, 0.29) is 11.5 Å². The molecule has 0 aliphatic rings. The second kappa shape index (κ2) is 7.71. The molecule has 0 spiro atoms. The topological polar surface area (TPSA) is 67.2 Å². The van der Waals surface area contributed by atoms with Crippen LogP contribution in [0.15, 0.2) is 0 Å². The standard InChI is InChI=1S/C5H12ClN3O2/c6-1-2-7-5-8-3-4-9(10)11/h7-8H,1-5H2. The maximum Gasteiger partial charge on any atom is 0.216 e. The zero-order chi connectivity index (χ0) is 8.53. The zero-order valence-corrected chi connectivity index (χ0v) is 6.93. The zero-order valence-electron chi connectivity index (χ0n) is 6.18. The molecular weight excluding hydrogens is 170 g/mol. The normalized spacial score (nSPS) is 9.91. The molecule has 0 aromatic heterocycles. The van der Waals surface area contributed by atoms with E-state index >= 15 is 0 Å². The van der Waals surface area contributed by atoms with Crippen molar-refractivity contribution in [2.45, 2.75) is 0 Å². The second-order valence-corrected chi connectivity index (χ2v) is 2.30. The van der Waals surface area contributed by atoms with Gasteiger partial charge < -0.3 is 5.32 Å². The number of nitrogens with zero attached hydrogens (tertiary/aromatic N) is 1. The molecule has 11 heavy (non-hydrogen) atoms. The minimum absolute atomic E-state index is 0.0391. The van der Waals surface area contributed by atoms with E-state index in [9.17, 15) is 10.1 Å². The van der Waals surface area contributed by atoms with Crippen LogP contribution in [0.5, 0.6) is 0 Å². The summed E-state index contributed by atoms with van der Waals surface area (Å²) in [5.74, 6) is 0.552. The summed E-state index contributed by atoms with van der Waals surface area (Å²) in [5, 5.41) is 15.6. The molecule has 6 heteroatoms. The summed E-state index contributed by atoms with van der Waals surface area (Å²) in [6.45, 7) is 1.64. The van der Waals surface area contributed by atoms with Gasteiger partial charge in [0.05, 0.1) is 6.54 Å². The Morgan fingerprint density at radius 1 is 1.36 bits per heavy atom. The first kappa shape index (κ1) is 10.6. The van der Waals surface area contributed by atoms with E-state index in [2.05, 4.69) is 10.6 Å². The third-order valence-electron chi connectivity index (χ3n) is 0.992. The van der Waals surface area contributed by atoms with E-state index < -0.39 is 0 Å². The molecule has 5 nitrogen and oxygen atoms in total. The fraction of sp³-hybridized carbons (Fsp3) is 1.00. The summed E-state index contributed by atoms with van der Waals surface area (Å²) < 4.78 is 0. The van der Waals surface area contributed by atoms with Gasteiger partial charge in [-0.1, -0.05) is 0 Å². The van der Waals surface area contributed by atoms with Gasteiger partial charge in [0.25, 0.3) is 0 Å². The van der Waals surface area contributed by atoms with Gasteiger partial charge in [-0.3, -0.25) is 15.4 Å². The lowest BCUT2D eigenvalue weighted by Crippen LogP contribution is -2.33. The molecule has 0 fully saturated rings. The van der Waals surface area contributed by atoms with E-state index in [1.54, 1.807) is 0 Å². The van der Waals surface area contributed by atoms with Crippen LogP contribution in [0.1, 0.15) is 0 Å². The van der Waals surface area contributed by atoms with E-state index in [0.29, 0.717) is 25.6 Å². The first-order valence-electron chi connectivity index (χ1n) is 3.36. The molecule has 0 bridgehead atoms. The largest absolute Gasteiger partial charge is 0.303 e. The van der Waals surface area contributed by atoms with E-state index in [0.717, 1.165) is 0 Å². The third kappa shape index (κ3) is 9.61. The number of halogens is 1. The van der Waals surface area contributed by atoms with Crippen LogP contribution in [0.3, 0.4) is 0 Å². The van der Waals surface area contributed by atoms with Gasteiger partial charge in [0, 0.05) is 24.0 Å². The molecule has 0 aromatic rings. The number of nitrogens with one attached hydrogen (secondary N) is 2. The summed E-state index contributed by atoms with van der Waals surface area (Å²) in [5.41, 5.74) is 0. The lowest BCUT2D eigenvalue weighted by atomic mass is 10.6. The Morgan fingerprint density at radius 3 is 2.55 bits per heavy atom. The van der Waals surface area contributed by atoms with Crippen molar-refractivity contribution in [1.82, 2.24) is 10.6 Å². The van der Waals surface area contributed by atoms with Crippen LogP contribution in [0.4, 0.5) is 0 Å². The molecule has 0 aliphatic carbocycles. The average Bonchev–Trinajstić information content (AvgIpc) is 1.96. The Balaban J connectivity index is 2.85. The van der Waals surface area contributed by atoms with Crippen LogP contribution in [0, 0.1) is 10.1 Å². The minimum atomic E-state index is -0.353. The van der Waals surface area contributed by atoms with Gasteiger partial charge in [0.2, 0.25) is 6.54 Å². The van der Waals surface area contributed by atoms with Crippen molar-refractivity contribution < 1.29 is 4.92 Å². The summed E-state index contributed by atoms with van der Waals surface area (Å²) >= 11 is 5.37. The van der Waals surface area contributed by atoms with Gasteiger partial charge in [-0.05, 0) is 0 Å². The number of alkyl halides is 1. The van der Waals surface area contributed by atoms with Gasteiger partial charge in [-0.2, -0.15) is 0 Å². The van der Waals surface area contributed by atoms with E-state index in [4.69, 9.17) is 11.6 Å². The first-order chi connectivity index (χ1) is 5.27. The van der Waals surface area contributed by atoms with Gasteiger partial charge in [-0.25, -0.2) is 0 Å². The smallest absolute Gasteiger partial charge is 0.216 e. The predicted octanol–water partition coefficient (Wildman–Crippen LogP) is -0.361. The Bertz CT molecular complexity index is 112. The molecule has 0 saturated heterocycles. The van der Waals surface area contributed by atoms with Gasteiger partial charge in [-0.15, -0.1) is 11.6 Å². The highest BCUT2D eigenvalue weighted by atomic mass is 35.5.